The monoisotopic (exact) mass is 402 g/mol. The van der Waals surface area contributed by atoms with Crippen molar-refractivity contribution in [1.82, 2.24) is 19.8 Å². The van der Waals surface area contributed by atoms with E-state index >= 15 is 0 Å². The third kappa shape index (κ3) is 2.43. The molecule has 1 N–H and O–H groups in total. The predicted molar refractivity (Wildman–Crippen MR) is 113 cm³/mol. The number of para-hydroxylation sites is 2. The van der Waals surface area contributed by atoms with E-state index in [0.717, 1.165) is 53.3 Å². The summed E-state index contributed by atoms with van der Waals surface area (Å²) in [5, 5.41) is 3.67. The molecule has 4 aliphatic rings. The first kappa shape index (κ1) is 16.5. The van der Waals surface area contributed by atoms with E-state index in [1.165, 1.54) is 12.8 Å². The molecule has 3 aliphatic heterocycles. The van der Waals surface area contributed by atoms with Gasteiger partial charge in [0.25, 0.3) is 0 Å². The summed E-state index contributed by atoms with van der Waals surface area (Å²) in [5.41, 5.74) is 3.18. The van der Waals surface area contributed by atoms with Gasteiger partial charge < -0.3 is 14.8 Å². The maximum absolute atomic E-state index is 5.84. The number of guanidine groups is 1. The number of nitrogens with zero attached hydrogens (tertiary/aromatic N) is 5. The second-order valence-corrected chi connectivity index (χ2v) is 8.23. The fraction of sp³-hybridized carbons (Fsp3) is 0.364. The molecule has 1 saturated carbocycles. The highest BCUT2D eigenvalue weighted by atomic mass is 16.6. The average Bonchev–Trinajstić information content (AvgIpc) is 3.58. The van der Waals surface area contributed by atoms with Crippen molar-refractivity contribution >= 4 is 22.9 Å². The molecule has 2 aromatic carbocycles. The number of benzene rings is 2. The molecule has 0 bridgehead atoms. The van der Waals surface area contributed by atoms with Crippen LogP contribution in [0.2, 0.25) is 0 Å². The lowest BCUT2D eigenvalue weighted by molar-refractivity contribution is 0.171. The van der Waals surface area contributed by atoms with E-state index in [1.807, 2.05) is 12.1 Å². The SMILES string of the molecule is c1ccc2c(c1)nc1n2C(c2ccc3c(c2)OCCO3)NC2=NCN(C3CC3)CN21. The van der Waals surface area contributed by atoms with Gasteiger partial charge in [-0.05, 0) is 42.7 Å². The Balaban J connectivity index is 1.38. The molecule has 1 fully saturated rings. The molecule has 1 aromatic heterocycles. The summed E-state index contributed by atoms with van der Waals surface area (Å²) in [7, 11) is 0. The summed E-state index contributed by atoms with van der Waals surface area (Å²) in [6.07, 6.45) is 2.41. The molecular formula is C22H22N6O2. The standard InChI is InChI=1S/C22H22N6O2/c1-2-4-17-16(3-1)24-22-27-13-26(15-6-7-15)12-23-21(27)25-20(28(17)22)14-5-8-18-19(11-14)30-10-9-29-18/h1-5,8,11,15,20H,6-7,9-10,12-13H2,(H,23,25). The van der Waals surface area contributed by atoms with Crippen LogP contribution in [-0.4, -0.2) is 53.0 Å². The predicted octanol–water partition coefficient (Wildman–Crippen LogP) is 2.51. The van der Waals surface area contributed by atoms with Crippen LogP contribution in [0.25, 0.3) is 11.0 Å². The van der Waals surface area contributed by atoms with Crippen LogP contribution in [0.5, 0.6) is 11.5 Å². The number of anilines is 1. The summed E-state index contributed by atoms with van der Waals surface area (Å²) in [6, 6.07) is 15.1. The zero-order valence-electron chi connectivity index (χ0n) is 16.5. The van der Waals surface area contributed by atoms with Gasteiger partial charge in [0.05, 0.1) is 24.4 Å². The average molecular weight is 402 g/mol. The lowest BCUT2D eigenvalue weighted by Crippen LogP contribution is -2.57. The van der Waals surface area contributed by atoms with E-state index in [0.29, 0.717) is 19.3 Å². The number of nitrogens with one attached hydrogen (secondary N) is 1. The molecule has 7 rings (SSSR count). The molecule has 4 heterocycles. The van der Waals surface area contributed by atoms with E-state index in [1.54, 1.807) is 0 Å². The number of aromatic nitrogens is 2. The minimum absolute atomic E-state index is 0.120. The van der Waals surface area contributed by atoms with E-state index < -0.39 is 0 Å². The van der Waals surface area contributed by atoms with Gasteiger partial charge in [-0.2, -0.15) is 0 Å². The van der Waals surface area contributed by atoms with Crippen LogP contribution in [0.3, 0.4) is 0 Å². The maximum atomic E-state index is 5.84. The normalized spacial score (nSPS) is 22.9. The Bertz CT molecular complexity index is 1180. The van der Waals surface area contributed by atoms with E-state index in [9.17, 15) is 0 Å². The smallest absolute Gasteiger partial charge is 0.216 e. The molecule has 152 valence electrons. The lowest BCUT2D eigenvalue weighted by Gasteiger charge is -2.42. The van der Waals surface area contributed by atoms with E-state index in [2.05, 4.69) is 50.0 Å². The molecule has 1 atom stereocenters. The number of ether oxygens (including phenoxy) is 2. The fourth-order valence-electron chi connectivity index (χ4n) is 4.61. The summed E-state index contributed by atoms with van der Waals surface area (Å²) in [5.74, 6) is 3.40. The van der Waals surface area contributed by atoms with Gasteiger partial charge in [-0.25, -0.2) is 9.98 Å². The fourth-order valence-corrected chi connectivity index (χ4v) is 4.61. The molecule has 0 radical (unpaired) electrons. The second-order valence-electron chi connectivity index (χ2n) is 8.23. The Hall–Kier alpha value is -3.26. The molecular weight excluding hydrogens is 380 g/mol. The zero-order chi connectivity index (χ0) is 19.7. The highest BCUT2D eigenvalue weighted by Crippen LogP contribution is 2.38. The first-order valence-corrected chi connectivity index (χ1v) is 10.5. The van der Waals surface area contributed by atoms with Gasteiger partial charge in [0.1, 0.15) is 19.4 Å². The van der Waals surface area contributed by atoms with Crippen LogP contribution in [0.1, 0.15) is 24.6 Å². The van der Waals surface area contributed by atoms with Crippen molar-refractivity contribution in [2.24, 2.45) is 4.99 Å². The second kappa shape index (κ2) is 6.12. The molecule has 3 aromatic rings. The van der Waals surface area contributed by atoms with Crippen LogP contribution >= 0.6 is 0 Å². The molecule has 8 nitrogen and oxygen atoms in total. The maximum Gasteiger partial charge on any atom is 0.216 e. The van der Waals surface area contributed by atoms with Crippen molar-refractivity contribution in [3.05, 3.63) is 48.0 Å². The lowest BCUT2D eigenvalue weighted by atomic mass is 10.1. The minimum Gasteiger partial charge on any atom is -0.486 e. The van der Waals surface area contributed by atoms with Crippen molar-refractivity contribution in [2.75, 3.05) is 31.5 Å². The topological polar surface area (TPSA) is 67.2 Å². The summed E-state index contributed by atoms with van der Waals surface area (Å²) >= 11 is 0. The van der Waals surface area contributed by atoms with Gasteiger partial charge in [0.2, 0.25) is 11.9 Å². The van der Waals surface area contributed by atoms with Crippen molar-refractivity contribution in [3.63, 3.8) is 0 Å². The van der Waals surface area contributed by atoms with Gasteiger partial charge in [0.15, 0.2) is 11.5 Å². The summed E-state index contributed by atoms with van der Waals surface area (Å²) < 4.78 is 13.8. The molecule has 1 unspecified atom stereocenters. The molecule has 0 amide bonds. The van der Waals surface area contributed by atoms with Crippen LogP contribution in [0, 0.1) is 0 Å². The third-order valence-electron chi connectivity index (χ3n) is 6.27. The number of fused-ring (bicyclic) bond motifs is 6. The first-order valence-electron chi connectivity index (χ1n) is 10.5. The Morgan fingerprint density at radius 3 is 2.77 bits per heavy atom. The van der Waals surface area contributed by atoms with Crippen molar-refractivity contribution in [1.29, 1.82) is 0 Å². The number of rotatable bonds is 2. The highest BCUT2D eigenvalue weighted by molar-refractivity contribution is 5.98. The quantitative estimate of drug-likeness (QED) is 0.711. The Kier molecular flexibility index (Phi) is 3.37. The number of imidazole rings is 1. The first-order chi connectivity index (χ1) is 14.8. The number of hydrogen-bond donors (Lipinski definition) is 1. The highest BCUT2D eigenvalue weighted by Gasteiger charge is 2.39. The Morgan fingerprint density at radius 1 is 1.00 bits per heavy atom. The van der Waals surface area contributed by atoms with Crippen LogP contribution in [0.4, 0.5) is 5.95 Å². The van der Waals surface area contributed by atoms with Crippen LogP contribution in [0.15, 0.2) is 47.5 Å². The molecule has 8 heteroatoms. The summed E-state index contributed by atoms with van der Waals surface area (Å²) in [6.45, 7) is 2.71. The zero-order valence-corrected chi connectivity index (χ0v) is 16.5. The molecule has 0 saturated heterocycles. The van der Waals surface area contributed by atoms with Gasteiger partial charge in [0, 0.05) is 6.04 Å². The summed E-state index contributed by atoms with van der Waals surface area (Å²) in [4.78, 5) is 14.5. The van der Waals surface area contributed by atoms with Crippen LogP contribution < -0.4 is 19.7 Å². The molecule has 1 aliphatic carbocycles. The third-order valence-corrected chi connectivity index (χ3v) is 6.27. The van der Waals surface area contributed by atoms with Gasteiger partial charge in [-0.3, -0.25) is 14.4 Å². The van der Waals surface area contributed by atoms with E-state index in [-0.39, 0.29) is 6.17 Å². The Morgan fingerprint density at radius 2 is 1.87 bits per heavy atom. The van der Waals surface area contributed by atoms with E-state index in [4.69, 9.17) is 19.5 Å². The minimum atomic E-state index is -0.120. The number of aliphatic imine (C=N–C) groups is 1. The molecule has 0 spiro atoms. The van der Waals surface area contributed by atoms with Crippen LogP contribution in [-0.2, 0) is 0 Å². The number of hydrogen-bond acceptors (Lipinski definition) is 7. The Labute approximate surface area is 173 Å². The van der Waals surface area contributed by atoms with Crippen molar-refractivity contribution in [2.45, 2.75) is 25.0 Å². The van der Waals surface area contributed by atoms with Crippen molar-refractivity contribution < 1.29 is 9.47 Å². The largest absolute Gasteiger partial charge is 0.486 e. The van der Waals surface area contributed by atoms with Gasteiger partial charge in [-0.15, -0.1) is 0 Å². The molecule has 30 heavy (non-hydrogen) atoms. The van der Waals surface area contributed by atoms with Gasteiger partial charge in [-0.1, -0.05) is 18.2 Å². The van der Waals surface area contributed by atoms with Gasteiger partial charge >= 0.3 is 0 Å². The van der Waals surface area contributed by atoms with Crippen molar-refractivity contribution in [3.8, 4) is 11.5 Å².